The summed E-state index contributed by atoms with van der Waals surface area (Å²) < 4.78 is 0. The molecule has 0 aromatic carbocycles. The second-order valence-electron chi connectivity index (χ2n) is 5.80. The van der Waals surface area contributed by atoms with E-state index in [0.717, 1.165) is 19.6 Å². The molecule has 0 unspecified atom stereocenters. The summed E-state index contributed by atoms with van der Waals surface area (Å²) in [4.78, 5) is 8.14. The minimum Gasteiger partial charge on any atom is -0.330 e. The average molecular weight is 267 g/mol. The van der Waals surface area contributed by atoms with Gasteiger partial charge in [0.2, 0.25) is 0 Å². The highest BCUT2D eigenvalue weighted by Gasteiger charge is 2.31. The monoisotopic (exact) mass is 267 g/mol. The van der Waals surface area contributed by atoms with Crippen molar-refractivity contribution in [2.75, 3.05) is 20.1 Å². The maximum absolute atomic E-state index is 6.05. The second kappa shape index (κ2) is 6.13. The molecule has 1 aliphatic rings. The number of hydrogen-bond acceptors (Lipinski definition) is 4. The molecule has 0 aliphatic heterocycles. The molecule has 0 bridgehead atoms. The Hall–Kier alpha value is -0.450. The fraction of sp³-hybridized carbons (Fsp3) is 0.786. The zero-order valence-electron chi connectivity index (χ0n) is 11.6. The van der Waals surface area contributed by atoms with E-state index >= 15 is 0 Å². The lowest BCUT2D eigenvalue weighted by Crippen LogP contribution is -2.42. The van der Waals surface area contributed by atoms with Crippen LogP contribution in [-0.4, -0.2) is 30.0 Å². The highest BCUT2D eigenvalue weighted by atomic mass is 32.1. The van der Waals surface area contributed by atoms with Crippen LogP contribution < -0.4 is 5.73 Å². The van der Waals surface area contributed by atoms with Gasteiger partial charge >= 0.3 is 0 Å². The van der Waals surface area contributed by atoms with Crippen molar-refractivity contribution < 1.29 is 0 Å². The van der Waals surface area contributed by atoms with Crippen LogP contribution >= 0.6 is 11.3 Å². The van der Waals surface area contributed by atoms with Crippen LogP contribution in [0.1, 0.15) is 42.7 Å². The Kier molecular flexibility index (Phi) is 4.76. The van der Waals surface area contributed by atoms with Crippen LogP contribution in [0.2, 0.25) is 0 Å². The number of thiazole rings is 1. The van der Waals surface area contributed by atoms with E-state index in [1.54, 1.807) is 11.3 Å². The normalized spacial score (nSPS) is 19.3. The SMILES string of the molecule is Cc1ncsc1CN(C)CC1(CN)CCCCC1. The summed E-state index contributed by atoms with van der Waals surface area (Å²) in [6, 6.07) is 0. The molecule has 102 valence electrons. The van der Waals surface area contributed by atoms with Crippen LogP contribution in [-0.2, 0) is 6.54 Å². The molecule has 0 radical (unpaired) electrons. The van der Waals surface area contributed by atoms with E-state index in [1.165, 1.54) is 42.7 Å². The van der Waals surface area contributed by atoms with Crippen LogP contribution in [0.25, 0.3) is 0 Å². The lowest BCUT2D eigenvalue weighted by atomic mass is 9.74. The Balaban J connectivity index is 1.93. The van der Waals surface area contributed by atoms with Crippen molar-refractivity contribution in [2.24, 2.45) is 11.1 Å². The van der Waals surface area contributed by atoms with Gasteiger partial charge in [-0.25, -0.2) is 4.98 Å². The molecule has 1 aliphatic carbocycles. The standard InChI is InChI=1S/C14H25N3S/c1-12-13(18-11-16-12)8-17(2)10-14(9-15)6-4-3-5-7-14/h11H,3-10,15H2,1-2H3. The smallest absolute Gasteiger partial charge is 0.0798 e. The van der Waals surface area contributed by atoms with Crippen molar-refractivity contribution in [1.82, 2.24) is 9.88 Å². The maximum atomic E-state index is 6.05. The number of rotatable bonds is 5. The molecule has 1 aromatic heterocycles. The average Bonchev–Trinajstić information content (AvgIpc) is 2.76. The fourth-order valence-electron chi connectivity index (χ4n) is 3.08. The summed E-state index contributed by atoms with van der Waals surface area (Å²) >= 11 is 1.76. The first kappa shape index (κ1) is 14.0. The van der Waals surface area contributed by atoms with Crippen LogP contribution in [0.3, 0.4) is 0 Å². The van der Waals surface area contributed by atoms with Crippen molar-refractivity contribution in [3.05, 3.63) is 16.1 Å². The van der Waals surface area contributed by atoms with Gasteiger partial charge in [0.15, 0.2) is 0 Å². The van der Waals surface area contributed by atoms with Gasteiger partial charge in [0, 0.05) is 18.0 Å². The molecule has 2 rings (SSSR count). The van der Waals surface area contributed by atoms with Gasteiger partial charge < -0.3 is 10.6 Å². The van der Waals surface area contributed by atoms with Crippen LogP contribution in [0.5, 0.6) is 0 Å². The predicted octanol–water partition coefficient (Wildman–Crippen LogP) is 2.79. The summed E-state index contributed by atoms with van der Waals surface area (Å²) in [5.74, 6) is 0. The van der Waals surface area contributed by atoms with Crippen LogP contribution in [0.15, 0.2) is 5.51 Å². The molecule has 1 aromatic rings. The topological polar surface area (TPSA) is 42.2 Å². The van der Waals surface area contributed by atoms with E-state index in [1.807, 2.05) is 5.51 Å². The number of aromatic nitrogens is 1. The molecular weight excluding hydrogens is 242 g/mol. The third-order valence-corrected chi connectivity index (χ3v) is 5.13. The van der Waals surface area contributed by atoms with Crippen molar-refractivity contribution in [3.8, 4) is 0 Å². The minimum atomic E-state index is 0.367. The Labute approximate surface area is 114 Å². The molecule has 0 atom stereocenters. The first-order valence-electron chi connectivity index (χ1n) is 6.93. The molecule has 0 saturated heterocycles. The third-order valence-electron chi connectivity index (χ3n) is 4.21. The molecule has 3 nitrogen and oxygen atoms in total. The maximum Gasteiger partial charge on any atom is 0.0798 e. The van der Waals surface area contributed by atoms with Gasteiger partial charge in [-0.05, 0) is 38.8 Å². The van der Waals surface area contributed by atoms with Gasteiger partial charge in [0.25, 0.3) is 0 Å². The summed E-state index contributed by atoms with van der Waals surface area (Å²) in [6.07, 6.45) is 6.69. The first-order chi connectivity index (χ1) is 8.65. The first-order valence-corrected chi connectivity index (χ1v) is 7.81. The Bertz CT molecular complexity index is 369. The van der Waals surface area contributed by atoms with E-state index in [9.17, 15) is 0 Å². The number of nitrogens with two attached hydrogens (primary N) is 1. The molecule has 2 N–H and O–H groups in total. The molecule has 4 heteroatoms. The molecule has 1 fully saturated rings. The van der Waals surface area contributed by atoms with Crippen molar-refractivity contribution in [3.63, 3.8) is 0 Å². The van der Waals surface area contributed by atoms with Gasteiger partial charge in [-0.2, -0.15) is 0 Å². The molecule has 0 spiro atoms. The Morgan fingerprint density at radius 1 is 1.39 bits per heavy atom. The van der Waals surface area contributed by atoms with Gasteiger partial charge in [-0.1, -0.05) is 19.3 Å². The van der Waals surface area contributed by atoms with Crippen molar-refractivity contribution in [2.45, 2.75) is 45.6 Å². The number of aryl methyl sites for hydroxylation is 1. The largest absolute Gasteiger partial charge is 0.330 e. The summed E-state index contributed by atoms with van der Waals surface area (Å²) in [7, 11) is 2.21. The number of hydrogen-bond donors (Lipinski definition) is 1. The molecule has 1 heterocycles. The van der Waals surface area contributed by atoms with Crippen molar-refractivity contribution in [1.29, 1.82) is 0 Å². The fourth-order valence-corrected chi connectivity index (χ4v) is 3.94. The van der Waals surface area contributed by atoms with Gasteiger partial charge in [0.1, 0.15) is 0 Å². The highest BCUT2D eigenvalue weighted by molar-refractivity contribution is 7.09. The van der Waals surface area contributed by atoms with Crippen LogP contribution in [0.4, 0.5) is 0 Å². The van der Waals surface area contributed by atoms with Gasteiger partial charge in [0.05, 0.1) is 11.2 Å². The zero-order chi connectivity index (χ0) is 13.0. The van der Waals surface area contributed by atoms with Gasteiger partial charge in [-0.3, -0.25) is 0 Å². The lowest BCUT2D eigenvalue weighted by Gasteiger charge is -2.39. The molecular formula is C14H25N3S. The Morgan fingerprint density at radius 3 is 2.67 bits per heavy atom. The number of nitrogens with zero attached hydrogens (tertiary/aromatic N) is 2. The van der Waals surface area contributed by atoms with E-state index in [2.05, 4.69) is 23.9 Å². The van der Waals surface area contributed by atoms with E-state index in [0.29, 0.717) is 5.41 Å². The third kappa shape index (κ3) is 3.31. The molecule has 1 saturated carbocycles. The molecule has 18 heavy (non-hydrogen) atoms. The van der Waals surface area contributed by atoms with E-state index in [-0.39, 0.29) is 0 Å². The summed E-state index contributed by atoms with van der Waals surface area (Å²) in [5, 5.41) is 0. The Morgan fingerprint density at radius 2 is 2.11 bits per heavy atom. The van der Waals surface area contributed by atoms with Gasteiger partial charge in [-0.15, -0.1) is 11.3 Å². The van der Waals surface area contributed by atoms with Crippen molar-refractivity contribution >= 4 is 11.3 Å². The zero-order valence-corrected chi connectivity index (χ0v) is 12.4. The molecule has 0 amide bonds. The summed E-state index contributed by atoms with van der Waals surface area (Å²) in [6.45, 7) is 5.07. The second-order valence-corrected chi connectivity index (χ2v) is 6.74. The van der Waals surface area contributed by atoms with E-state index < -0.39 is 0 Å². The predicted molar refractivity (Wildman–Crippen MR) is 77.8 cm³/mol. The highest BCUT2D eigenvalue weighted by Crippen LogP contribution is 2.36. The minimum absolute atomic E-state index is 0.367. The van der Waals surface area contributed by atoms with E-state index in [4.69, 9.17) is 5.73 Å². The quantitative estimate of drug-likeness (QED) is 0.892. The van der Waals surface area contributed by atoms with Crippen LogP contribution in [0, 0.1) is 12.3 Å². The summed E-state index contributed by atoms with van der Waals surface area (Å²) in [5.41, 5.74) is 9.54. The lowest BCUT2D eigenvalue weighted by molar-refractivity contribution is 0.124.